The van der Waals surface area contributed by atoms with Crippen molar-refractivity contribution >= 4 is 28.9 Å². The average molecular weight is 363 g/mol. The zero-order valence-corrected chi connectivity index (χ0v) is 12.3. The highest BCUT2D eigenvalue weighted by Gasteiger charge is 2.33. The summed E-state index contributed by atoms with van der Waals surface area (Å²) in [5, 5.41) is 12.2. The fourth-order valence-corrected chi connectivity index (χ4v) is 2.04. The molecule has 0 aliphatic heterocycles. The van der Waals surface area contributed by atoms with Crippen molar-refractivity contribution < 1.29 is 27.3 Å². The number of rotatable bonds is 3. The predicted octanol–water partition coefficient (Wildman–Crippen LogP) is 4.66. The lowest BCUT2D eigenvalue weighted by Crippen LogP contribution is -2.14. The van der Waals surface area contributed by atoms with Gasteiger partial charge in [0.15, 0.2) is 0 Å². The molecular weight excluding hydrogens is 356 g/mol. The third-order valence-corrected chi connectivity index (χ3v) is 3.26. The monoisotopic (exact) mass is 362 g/mol. The molecule has 5 nitrogen and oxygen atoms in total. The second kappa shape index (κ2) is 6.44. The maximum Gasteiger partial charge on any atom is 0.417 e. The lowest BCUT2D eigenvalue weighted by Gasteiger charge is -2.11. The SMILES string of the molecule is O=C(Nc1ccc(F)c([N+](=O)[O-])c1)c1ccc(Cl)c(C(F)(F)F)c1. The first-order chi connectivity index (χ1) is 11.1. The Morgan fingerprint density at radius 3 is 2.42 bits per heavy atom. The first-order valence-corrected chi connectivity index (χ1v) is 6.59. The summed E-state index contributed by atoms with van der Waals surface area (Å²) in [7, 11) is 0. The molecule has 126 valence electrons. The van der Waals surface area contributed by atoms with Gasteiger partial charge < -0.3 is 5.32 Å². The second-order valence-corrected chi connectivity index (χ2v) is 4.98. The fraction of sp³-hybridized carbons (Fsp3) is 0.0714. The summed E-state index contributed by atoms with van der Waals surface area (Å²) in [6.07, 6.45) is -4.75. The van der Waals surface area contributed by atoms with Crippen molar-refractivity contribution in [1.29, 1.82) is 0 Å². The lowest BCUT2D eigenvalue weighted by atomic mass is 10.1. The Bertz CT molecular complexity index is 824. The minimum absolute atomic E-state index is 0.142. The molecule has 0 aliphatic rings. The van der Waals surface area contributed by atoms with E-state index in [0.29, 0.717) is 6.07 Å². The summed E-state index contributed by atoms with van der Waals surface area (Å²) in [5.41, 5.74) is -2.57. The second-order valence-electron chi connectivity index (χ2n) is 4.57. The molecule has 2 rings (SSSR count). The molecule has 2 aromatic carbocycles. The smallest absolute Gasteiger partial charge is 0.322 e. The topological polar surface area (TPSA) is 72.2 Å². The minimum Gasteiger partial charge on any atom is -0.322 e. The highest BCUT2D eigenvalue weighted by Crippen LogP contribution is 2.35. The number of hydrogen-bond donors (Lipinski definition) is 1. The summed E-state index contributed by atoms with van der Waals surface area (Å²) >= 11 is 5.45. The number of nitro groups is 1. The Kier molecular flexibility index (Phi) is 4.74. The van der Waals surface area contributed by atoms with E-state index in [9.17, 15) is 32.5 Å². The van der Waals surface area contributed by atoms with Crippen LogP contribution in [0.25, 0.3) is 0 Å². The quantitative estimate of drug-likeness (QED) is 0.490. The van der Waals surface area contributed by atoms with Crippen LogP contribution in [-0.2, 0) is 6.18 Å². The Balaban J connectivity index is 2.31. The molecule has 1 N–H and O–H groups in total. The number of hydrogen-bond acceptors (Lipinski definition) is 3. The van der Waals surface area contributed by atoms with Crippen molar-refractivity contribution in [2.24, 2.45) is 0 Å². The van der Waals surface area contributed by atoms with Crippen LogP contribution in [0.4, 0.5) is 28.9 Å². The maximum absolute atomic E-state index is 13.2. The standard InChI is InChI=1S/C14H7ClF4N2O3/c15-10-3-1-7(5-9(10)14(17,18)19)13(22)20-8-2-4-11(16)12(6-8)21(23)24/h1-6H,(H,20,22). The Morgan fingerprint density at radius 1 is 1.17 bits per heavy atom. The Morgan fingerprint density at radius 2 is 1.83 bits per heavy atom. The van der Waals surface area contributed by atoms with E-state index >= 15 is 0 Å². The van der Waals surface area contributed by atoms with Crippen molar-refractivity contribution in [2.75, 3.05) is 5.32 Å². The van der Waals surface area contributed by atoms with Crippen molar-refractivity contribution in [2.45, 2.75) is 6.18 Å². The van der Waals surface area contributed by atoms with Crippen LogP contribution in [0, 0.1) is 15.9 Å². The van der Waals surface area contributed by atoms with E-state index in [0.717, 1.165) is 30.3 Å². The van der Waals surface area contributed by atoms with Crippen LogP contribution in [0.5, 0.6) is 0 Å². The third kappa shape index (κ3) is 3.80. The summed E-state index contributed by atoms with van der Waals surface area (Å²) < 4.78 is 51.5. The molecule has 0 spiro atoms. The molecular formula is C14H7ClF4N2O3. The predicted molar refractivity (Wildman–Crippen MR) is 77.5 cm³/mol. The number of benzene rings is 2. The summed E-state index contributed by atoms with van der Waals surface area (Å²) in [5.74, 6) is -2.07. The maximum atomic E-state index is 13.2. The highest BCUT2D eigenvalue weighted by atomic mass is 35.5. The van der Waals surface area contributed by atoms with Gasteiger partial charge in [-0.25, -0.2) is 0 Å². The van der Waals surface area contributed by atoms with Gasteiger partial charge in [-0.15, -0.1) is 0 Å². The first kappa shape index (κ1) is 17.7. The lowest BCUT2D eigenvalue weighted by molar-refractivity contribution is -0.387. The summed E-state index contributed by atoms with van der Waals surface area (Å²) in [4.78, 5) is 21.6. The molecule has 0 saturated carbocycles. The largest absolute Gasteiger partial charge is 0.417 e. The van der Waals surface area contributed by atoms with Crippen LogP contribution in [0.2, 0.25) is 5.02 Å². The molecule has 0 unspecified atom stereocenters. The van der Waals surface area contributed by atoms with Crippen LogP contribution in [0.1, 0.15) is 15.9 Å². The van der Waals surface area contributed by atoms with Gasteiger partial charge in [0.1, 0.15) is 0 Å². The normalized spacial score (nSPS) is 11.2. The van der Waals surface area contributed by atoms with E-state index < -0.39 is 39.1 Å². The highest BCUT2D eigenvalue weighted by molar-refractivity contribution is 6.31. The Hall–Kier alpha value is -2.68. The van der Waals surface area contributed by atoms with Gasteiger partial charge >= 0.3 is 11.9 Å². The van der Waals surface area contributed by atoms with E-state index in [1.54, 1.807) is 0 Å². The number of nitrogens with zero attached hydrogens (tertiary/aromatic N) is 1. The van der Waals surface area contributed by atoms with E-state index in [-0.39, 0.29) is 11.3 Å². The molecule has 0 atom stereocenters. The zero-order chi connectivity index (χ0) is 18.1. The number of anilines is 1. The number of nitrogens with one attached hydrogen (secondary N) is 1. The molecule has 2 aromatic rings. The van der Waals surface area contributed by atoms with Gasteiger partial charge in [-0.1, -0.05) is 11.6 Å². The number of carbonyl (C=O) groups excluding carboxylic acids is 1. The van der Waals surface area contributed by atoms with Crippen LogP contribution >= 0.6 is 11.6 Å². The van der Waals surface area contributed by atoms with Crippen LogP contribution in [0.3, 0.4) is 0 Å². The fourth-order valence-electron chi connectivity index (χ4n) is 1.82. The van der Waals surface area contributed by atoms with E-state index in [1.165, 1.54) is 0 Å². The molecule has 0 radical (unpaired) electrons. The zero-order valence-electron chi connectivity index (χ0n) is 11.5. The third-order valence-electron chi connectivity index (χ3n) is 2.93. The molecule has 0 aromatic heterocycles. The van der Waals surface area contributed by atoms with Gasteiger partial charge in [-0.2, -0.15) is 17.6 Å². The van der Waals surface area contributed by atoms with Gasteiger partial charge in [0.25, 0.3) is 5.91 Å². The molecule has 24 heavy (non-hydrogen) atoms. The Labute approximate surface area is 137 Å². The van der Waals surface area contributed by atoms with Gasteiger partial charge in [-0.05, 0) is 30.3 Å². The van der Waals surface area contributed by atoms with Crippen molar-refractivity contribution in [3.8, 4) is 0 Å². The van der Waals surface area contributed by atoms with Crippen LogP contribution < -0.4 is 5.32 Å². The average Bonchev–Trinajstić information content (AvgIpc) is 2.48. The van der Waals surface area contributed by atoms with Gasteiger partial charge in [-0.3, -0.25) is 14.9 Å². The molecule has 0 bridgehead atoms. The van der Waals surface area contributed by atoms with Crippen LogP contribution in [-0.4, -0.2) is 10.8 Å². The molecule has 10 heteroatoms. The summed E-state index contributed by atoms with van der Waals surface area (Å²) in [6.45, 7) is 0. The minimum atomic E-state index is -4.75. The van der Waals surface area contributed by atoms with E-state index in [2.05, 4.69) is 5.32 Å². The molecule has 0 fully saturated rings. The number of nitro benzene ring substituents is 1. The summed E-state index contributed by atoms with van der Waals surface area (Å²) in [6, 6.07) is 5.08. The van der Waals surface area contributed by atoms with E-state index in [4.69, 9.17) is 11.6 Å². The number of carbonyl (C=O) groups is 1. The van der Waals surface area contributed by atoms with Gasteiger partial charge in [0.2, 0.25) is 5.82 Å². The number of alkyl halides is 3. The number of amides is 1. The molecule has 0 heterocycles. The van der Waals surface area contributed by atoms with Crippen LogP contribution in [0.15, 0.2) is 36.4 Å². The molecule has 0 saturated heterocycles. The number of halogens is 5. The molecule has 0 aliphatic carbocycles. The van der Waals surface area contributed by atoms with Crippen molar-refractivity contribution in [1.82, 2.24) is 0 Å². The van der Waals surface area contributed by atoms with Gasteiger partial charge in [0.05, 0.1) is 15.5 Å². The molecule has 1 amide bonds. The van der Waals surface area contributed by atoms with Gasteiger partial charge in [0, 0.05) is 17.3 Å². The van der Waals surface area contributed by atoms with E-state index in [1.807, 2.05) is 0 Å². The first-order valence-electron chi connectivity index (χ1n) is 6.21. The van der Waals surface area contributed by atoms with Crippen molar-refractivity contribution in [3.05, 3.63) is 68.5 Å². The van der Waals surface area contributed by atoms with Crippen molar-refractivity contribution in [3.63, 3.8) is 0 Å².